The number of methoxy groups -OCH3 is 2. The Morgan fingerprint density at radius 1 is 1.03 bits per heavy atom. The monoisotopic (exact) mass is 461 g/mol. The molecule has 4 rings (SSSR count). The highest BCUT2D eigenvalue weighted by atomic mass is 32.2. The minimum Gasteiger partial charge on any atom is -0.494 e. The molecule has 2 aliphatic rings. The van der Waals surface area contributed by atoms with Gasteiger partial charge in [0, 0.05) is 38.1 Å². The topological polar surface area (TPSA) is 91.4 Å². The fraction of sp³-hybridized carbons (Fsp3) is 0.435. The fourth-order valence-electron chi connectivity index (χ4n) is 4.27. The zero-order chi connectivity index (χ0) is 22.9. The van der Waals surface area contributed by atoms with E-state index in [0.29, 0.717) is 48.0 Å². The molecule has 1 saturated heterocycles. The van der Waals surface area contributed by atoms with Crippen molar-refractivity contribution in [3.63, 3.8) is 0 Å². The molecule has 2 aromatic rings. The molecule has 1 spiro atoms. The molecule has 2 heterocycles. The first-order valence-electron chi connectivity index (χ1n) is 10.5. The van der Waals surface area contributed by atoms with Gasteiger partial charge < -0.3 is 18.9 Å². The van der Waals surface area contributed by atoms with Gasteiger partial charge in [-0.1, -0.05) is 0 Å². The summed E-state index contributed by atoms with van der Waals surface area (Å²) in [6.07, 6.45) is 1.07. The average molecular weight is 462 g/mol. The van der Waals surface area contributed by atoms with Crippen molar-refractivity contribution in [3.8, 4) is 23.0 Å². The second-order valence-electron chi connectivity index (χ2n) is 7.90. The Balaban J connectivity index is 1.52. The van der Waals surface area contributed by atoms with Crippen LogP contribution in [0.2, 0.25) is 0 Å². The van der Waals surface area contributed by atoms with Crippen LogP contribution in [0.25, 0.3) is 0 Å². The third kappa shape index (κ3) is 4.02. The Labute approximate surface area is 188 Å². The van der Waals surface area contributed by atoms with Crippen LogP contribution in [0.5, 0.6) is 23.0 Å². The van der Waals surface area contributed by atoms with E-state index >= 15 is 0 Å². The van der Waals surface area contributed by atoms with E-state index < -0.39 is 15.6 Å². The van der Waals surface area contributed by atoms with E-state index in [1.165, 1.54) is 30.7 Å². The van der Waals surface area contributed by atoms with Gasteiger partial charge in [0.2, 0.25) is 10.0 Å². The second kappa shape index (κ2) is 8.63. The summed E-state index contributed by atoms with van der Waals surface area (Å²) >= 11 is 0. The third-order valence-corrected chi connectivity index (χ3v) is 7.89. The van der Waals surface area contributed by atoms with E-state index in [1.54, 1.807) is 24.3 Å². The lowest BCUT2D eigenvalue weighted by Crippen LogP contribution is -2.52. The Morgan fingerprint density at radius 2 is 1.75 bits per heavy atom. The molecular weight excluding hydrogens is 434 g/mol. The van der Waals surface area contributed by atoms with Crippen LogP contribution in [0.1, 0.15) is 36.5 Å². The summed E-state index contributed by atoms with van der Waals surface area (Å²) in [6, 6.07) is 9.78. The molecule has 2 aliphatic heterocycles. The molecular formula is C23H27NO7S. The molecule has 32 heavy (non-hydrogen) atoms. The van der Waals surface area contributed by atoms with E-state index in [0.717, 1.165) is 0 Å². The van der Waals surface area contributed by atoms with E-state index in [2.05, 4.69) is 0 Å². The van der Waals surface area contributed by atoms with Crippen molar-refractivity contribution in [1.82, 2.24) is 4.31 Å². The second-order valence-corrected chi connectivity index (χ2v) is 9.83. The number of carbonyl (C=O) groups is 1. The maximum atomic E-state index is 13.2. The maximum absolute atomic E-state index is 13.2. The number of benzene rings is 2. The molecule has 1 fully saturated rings. The quantitative estimate of drug-likeness (QED) is 0.652. The van der Waals surface area contributed by atoms with Crippen molar-refractivity contribution >= 4 is 15.8 Å². The van der Waals surface area contributed by atoms with E-state index in [1.807, 2.05) is 6.92 Å². The summed E-state index contributed by atoms with van der Waals surface area (Å²) < 4.78 is 50.1. The molecule has 0 aliphatic carbocycles. The number of Topliss-reactive ketones (excluding diaryl/α,β-unsaturated/α-hetero) is 1. The van der Waals surface area contributed by atoms with E-state index in [-0.39, 0.29) is 30.2 Å². The van der Waals surface area contributed by atoms with Crippen molar-refractivity contribution in [1.29, 1.82) is 0 Å². The first-order chi connectivity index (χ1) is 15.3. The van der Waals surface area contributed by atoms with Gasteiger partial charge in [0.05, 0.1) is 37.7 Å². The van der Waals surface area contributed by atoms with Crippen LogP contribution < -0.4 is 18.9 Å². The lowest BCUT2D eigenvalue weighted by atomic mass is 9.83. The van der Waals surface area contributed by atoms with Crippen LogP contribution in [0.15, 0.2) is 41.3 Å². The van der Waals surface area contributed by atoms with Crippen molar-refractivity contribution in [2.75, 3.05) is 33.9 Å². The molecule has 172 valence electrons. The molecule has 0 aromatic heterocycles. The number of rotatable bonds is 6. The van der Waals surface area contributed by atoms with Gasteiger partial charge in [-0.25, -0.2) is 8.42 Å². The molecule has 8 nitrogen and oxygen atoms in total. The highest BCUT2D eigenvalue weighted by Crippen LogP contribution is 2.42. The van der Waals surface area contributed by atoms with Gasteiger partial charge in [0.15, 0.2) is 17.3 Å². The maximum Gasteiger partial charge on any atom is 0.243 e. The number of piperidine rings is 1. The van der Waals surface area contributed by atoms with Gasteiger partial charge in [-0.3, -0.25) is 4.79 Å². The summed E-state index contributed by atoms with van der Waals surface area (Å²) in [5.41, 5.74) is -0.169. The van der Waals surface area contributed by atoms with Crippen LogP contribution >= 0.6 is 0 Å². The summed E-state index contributed by atoms with van der Waals surface area (Å²) in [4.78, 5) is 12.9. The lowest BCUT2D eigenvalue weighted by molar-refractivity contribution is 0.00575. The molecule has 2 aromatic carbocycles. The predicted octanol–water partition coefficient (Wildman–Crippen LogP) is 3.29. The molecule has 0 atom stereocenters. The minimum absolute atomic E-state index is 0.00509. The van der Waals surface area contributed by atoms with Crippen LogP contribution in [0.4, 0.5) is 0 Å². The predicted molar refractivity (Wildman–Crippen MR) is 117 cm³/mol. The van der Waals surface area contributed by atoms with Crippen LogP contribution in [-0.4, -0.2) is 58.0 Å². The Hall–Kier alpha value is -2.78. The standard InChI is InChI=1S/C23H27NO7S/c1-4-30-16-5-7-18-19(25)15-23(31-21(18)13-16)9-11-24(12-10-23)32(26,27)17-6-8-20(28-2)22(14-17)29-3/h5-8,13-14H,4,9-12,15H2,1-3H3. The highest BCUT2D eigenvalue weighted by Gasteiger charge is 2.45. The average Bonchev–Trinajstić information content (AvgIpc) is 2.78. The van der Waals surface area contributed by atoms with Gasteiger partial charge >= 0.3 is 0 Å². The van der Waals surface area contributed by atoms with Crippen LogP contribution in [0.3, 0.4) is 0 Å². The van der Waals surface area contributed by atoms with Gasteiger partial charge in [-0.05, 0) is 31.2 Å². The first-order valence-corrected chi connectivity index (χ1v) is 12.0. The van der Waals surface area contributed by atoms with Gasteiger partial charge in [0.25, 0.3) is 0 Å². The molecule has 0 saturated carbocycles. The van der Waals surface area contributed by atoms with Gasteiger partial charge in [-0.15, -0.1) is 0 Å². The third-order valence-electron chi connectivity index (χ3n) is 6.00. The summed E-state index contributed by atoms with van der Waals surface area (Å²) in [7, 11) is -0.765. The van der Waals surface area contributed by atoms with Crippen molar-refractivity contribution in [3.05, 3.63) is 42.0 Å². The summed E-state index contributed by atoms with van der Waals surface area (Å²) in [5, 5.41) is 0. The van der Waals surface area contributed by atoms with E-state index in [9.17, 15) is 13.2 Å². The summed E-state index contributed by atoms with van der Waals surface area (Å²) in [6.45, 7) is 2.91. The van der Waals surface area contributed by atoms with Crippen LogP contribution in [0, 0.1) is 0 Å². The number of fused-ring (bicyclic) bond motifs is 1. The highest BCUT2D eigenvalue weighted by molar-refractivity contribution is 7.89. The van der Waals surface area contributed by atoms with E-state index in [4.69, 9.17) is 18.9 Å². The SMILES string of the molecule is CCOc1ccc2c(c1)OC1(CCN(S(=O)(=O)c3ccc(OC)c(OC)c3)CC1)CC2=O. The minimum atomic E-state index is -3.73. The van der Waals surface area contributed by atoms with Crippen molar-refractivity contribution in [2.24, 2.45) is 0 Å². The Bertz CT molecular complexity index is 1120. The van der Waals surface area contributed by atoms with Gasteiger partial charge in [0.1, 0.15) is 17.1 Å². The normalized spacial score (nSPS) is 18.0. The molecule has 0 amide bonds. The molecule has 0 unspecified atom stereocenters. The van der Waals surface area contributed by atoms with Crippen molar-refractivity contribution in [2.45, 2.75) is 36.7 Å². The zero-order valence-electron chi connectivity index (χ0n) is 18.4. The zero-order valence-corrected chi connectivity index (χ0v) is 19.2. The number of ketones is 1. The number of ether oxygens (including phenoxy) is 4. The largest absolute Gasteiger partial charge is 0.494 e. The first kappa shape index (κ1) is 22.4. The van der Waals surface area contributed by atoms with Crippen LogP contribution in [-0.2, 0) is 10.0 Å². The fourth-order valence-corrected chi connectivity index (χ4v) is 5.73. The Kier molecular flexibility index (Phi) is 6.05. The van der Waals surface area contributed by atoms with Crippen molar-refractivity contribution < 1.29 is 32.2 Å². The number of carbonyl (C=O) groups excluding carboxylic acids is 1. The lowest BCUT2D eigenvalue weighted by Gasteiger charge is -2.43. The molecule has 0 N–H and O–H groups in total. The van der Waals surface area contributed by atoms with Gasteiger partial charge in [-0.2, -0.15) is 4.31 Å². The Morgan fingerprint density at radius 3 is 2.41 bits per heavy atom. The molecule has 9 heteroatoms. The molecule has 0 radical (unpaired) electrons. The number of hydrogen-bond acceptors (Lipinski definition) is 7. The number of hydrogen-bond donors (Lipinski definition) is 0. The summed E-state index contributed by atoms with van der Waals surface area (Å²) in [5.74, 6) is 1.96. The molecule has 0 bridgehead atoms. The smallest absolute Gasteiger partial charge is 0.243 e. The number of nitrogens with zero attached hydrogens (tertiary/aromatic N) is 1. The number of sulfonamides is 1.